The lowest BCUT2D eigenvalue weighted by Crippen LogP contribution is -2.46. The van der Waals surface area contributed by atoms with Crippen molar-refractivity contribution in [2.75, 3.05) is 20.3 Å². The van der Waals surface area contributed by atoms with Crippen LogP contribution in [0.2, 0.25) is 0 Å². The number of benzene rings is 2. The van der Waals surface area contributed by atoms with Crippen LogP contribution in [0.3, 0.4) is 0 Å². The van der Waals surface area contributed by atoms with E-state index in [0.717, 1.165) is 21.4 Å². The third kappa shape index (κ3) is 4.66. The van der Waals surface area contributed by atoms with E-state index < -0.39 is 34.5 Å². The molecule has 0 saturated carbocycles. The van der Waals surface area contributed by atoms with Gasteiger partial charge in [0.05, 0.1) is 18.8 Å². The van der Waals surface area contributed by atoms with Gasteiger partial charge in [0.25, 0.3) is 11.5 Å². The van der Waals surface area contributed by atoms with Crippen LogP contribution in [0.15, 0.2) is 58.1 Å². The van der Waals surface area contributed by atoms with Crippen molar-refractivity contribution in [3.63, 3.8) is 0 Å². The standard InChI is InChI=1S/C20H18F2N4O4/c1-30-10-9-23-18(27)17-19(28)25(12-13-3-2-4-15(22)11-13)20(29)26(24-17)16-7-5-14(21)6-8-16/h2-8,11H,9-10,12H2,1H3,(H,23,27). The predicted molar refractivity (Wildman–Crippen MR) is 104 cm³/mol. The van der Waals surface area contributed by atoms with Gasteiger partial charge in [-0.3, -0.25) is 14.2 Å². The normalized spacial score (nSPS) is 10.8. The zero-order valence-corrected chi connectivity index (χ0v) is 16.0. The van der Waals surface area contributed by atoms with Crippen LogP contribution in [-0.4, -0.2) is 40.5 Å². The molecule has 0 unspecified atom stereocenters. The lowest BCUT2D eigenvalue weighted by molar-refractivity contribution is 0.0927. The van der Waals surface area contributed by atoms with Crippen LogP contribution in [0.1, 0.15) is 16.1 Å². The lowest BCUT2D eigenvalue weighted by atomic mass is 10.2. The van der Waals surface area contributed by atoms with Crippen molar-refractivity contribution in [2.45, 2.75) is 6.54 Å². The molecule has 30 heavy (non-hydrogen) atoms. The Labute approximate surface area is 169 Å². The molecule has 0 fully saturated rings. The SMILES string of the molecule is COCCNC(=O)c1nn(-c2ccc(F)cc2)c(=O)n(Cc2cccc(F)c2)c1=O. The van der Waals surface area contributed by atoms with E-state index >= 15 is 0 Å². The Hall–Kier alpha value is -3.66. The summed E-state index contributed by atoms with van der Waals surface area (Å²) in [6, 6.07) is 10.2. The molecule has 0 aliphatic rings. The van der Waals surface area contributed by atoms with Gasteiger partial charge in [0, 0.05) is 13.7 Å². The summed E-state index contributed by atoms with van der Waals surface area (Å²) in [6.45, 7) is 0.0499. The molecule has 10 heteroatoms. The highest BCUT2D eigenvalue weighted by molar-refractivity contribution is 5.91. The Morgan fingerprint density at radius 1 is 1.10 bits per heavy atom. The molecular weight excluding hydrogens is 398 g/mol. The lowest BCUT2D eigenvalue weighted by Gasteiger charge is -2.12. The average Bonchev–Trinajstić information content (AvgIpc) is 2.72. The maximum atomic E-state index is 13.5. The van der Waals surface area contributed by atoms with Crippen LogP contribution >= 0.6 is 0 Å². The molecule has 0 radical (unpaired) electrons. The summed E-state index contributed by atoms with van der Waals surface area (Å²) >= 11 is 0. The molecule has 3 aromatic rings. The van der Waals surface area contributed by atoms with Crippen molar-refractivity contribution in [3.05, 3.63) is 92.3 Å². The molecule has 0 atom stereocenters. The van der Waals surface area contributed by atoms with Crippen molar-refractivity contribution < 1.29 is 18.3 Å². The van der Waals surface area contributed by atoms with Gasteiger partial charge < -0.3 is 10.1 Å². The molecule has 0 aliphatic heterocycles. The monoisotopic (exact) mass is 416 g/mol. The Morgan fingerprint density at radius 2 is 1.83 bits per heavy atom. The third-order valence-electron chi connectivity index (χ3n) is 4.17. The highest BCUT2D eigenvalue weighted by atomic mass is 19.1. The summed E-state index contributed by atoms with van der Waals surface area (Å²) in [5.41, 5.74) is -1.83. The van der Waals surface area contributed by atoms with Gasteiger partial charge in [-0.1, -0.05) is 12.1 Å². The topological polar surface area (TPSA) is 95.2 Å². The molecule has 2 aromatic carbocycles. The summed E-state index contributed by atoms with van der Waals surface area (Å²) in [7, 11) is 1.45. The second kappa shape index (κ2) is 9.23. The Balaban J connectivity index is 2.13. The van der Waals surface area contributed by atoms with Crippen molar-refractivity contribution in [3.8, 4) is 5.69 Å². The van der Waals surface area contributed by atoms with E-state index in [-0.39, 0.29) is 25.4 Å². The van der Waals surface area contributed by atoms with Crippen LogP contribution in [0, 0.1) is 11.6 Å². The molecule has 1 heterocycles. The Kier molecular flexibility index (Phi) is 6.48. The Morgan fingerprint density at radius 3 is 2.50 bits per heavy atom. The maximum absolute atomic E-state index is 13.5. The van der Waals surface area contributed by atoms with Gasteiger partial charge in [0.1, 0.15) is 11.6 Å². The van der Waals surface area contributed by atoms with Crippen LogP contribution in [0.5, 0.6) is 0 Å². The second-order valence-corrected chi connectivity index (χ2v) is 6.29. The van der Waals surface area contributed by atoms with Crippen molar-refractivity contribution >= 4 is 5.91 Å². The number of methoxy groups -OCH3 is 1. The molecule has 1 N–H and O–H groups in total. The van der Waals surface area contributed by atoms with Crippen molar-refractivity contribution in [1.82, 2.24) is 19.7 Å². The van der Waals surface area contributed by atoms with Crippen molar-refractivity contribution in [1.29, 1.82) is 0 Å². The minimum atomic E-state index is -0.933. The molecule has 3 rings (SSSR count). The zero-order chi connectivity index (χ0) is 21.7. The number of hydrogen-bond donors (Lipinski definition) is 1. The minimum absolute atomic E-state index is 0.121. The fraction of sp³-hybridized carbons (Fsp3) is 0.200. The molecular formula is C20H18F2N4O4. The molecule has 156 valence electrons. The van der Waals surface area contributed by atoms with Crippen LogP contribution < -0.4 is 16.6 Å². The van der Waals surface area contributed by atoms with Gasteiger partial charge in [-0.05, 0) is 42.0 Å². The third-order valence-corrected chi connectivity index (χ3v) is 4.17. The smallest absolute Gasteiger partial charge is 0.352 e. The molecule has 1 aromatic heterocycles. The van der Waals surface area contributed by atoms with E-state index in [9.17, 15) is 23.2 Å². The number of carbonyl (C=O) groups is 1. The van der Waals surface area contributed by atoms with E-state index in [4.69, 9.17) is 4.74 Å². The van der Waals surface area contributed by atoms with E-state index in [2.05, 4.69) is 10.4 Å². The fourth-order valence-corrected chi connectivity index (χ4v) is 2.72. The summed E-state index contributed by atoms with van der Waals surface area (Å²) in [5, 5.41) is 6.36. The van der Waals surface area contributed by atoms with Gasteiger partial charge in [0.2, 0.25) is 5.69 Å². The molecule has 0 saturated heterocycles. The quantitative estimate of drug-likeness (QED) is 0.582. The molecule has 8 nitrogen and oxygen atoms in total. The van der Waals surface area contributed by atoms with Gasteiger partial charge >= 0.3 is 5.69 Å². The summed E-state index contributed by atoms with van der Waals surface area (Å²) in [4.78, 5) is 38.2. The highest BCUT2D eigenvalue weighted by Crippen LogP contribution is 2.07. The van der Waals surface area contributed by atoms with E-state index in [0.29, 0.717) is 5.56 Å². The predicted octanol–water partition coefficient (Wildman–Crippen LogP) is 1.10. The van der Waals surface area contributed by atoms with E-state index in [1.165, 1.54) is 43.5 Å². The molecule has 1 amide bonds. The zero-order valence-electron chi connectivity index (χ0n) is 16.0. The van der Waals surface area contributed by atoms with E-state index in [1.54, 1.807) is 0 Å². The number of nitrogens with zero attached hydrogens (tertiary/aromatic N) is 3. The molecule has 0 aliphatic carbocycles. The first kappa shape index (κ1) is 21.1. The number of aromatic nitrogens is 3. The van der Waals surface area contributed by atoms with Crippen molar-refractivity contribution in [2.24, 2.45) is 0 Å². The average molecular weight is 416 g/mol. The molecule has 0 bridgehead atoms. The maximum Gasteiger partial charge on any atom is 0.352 e. The first-order valence-corrected chi connectivity index (χ1v) is 8.92. The first-order valence-electron chi connectivity index (χ1n) is 8.92. The first-order chi connectivity index (χ1) is 14.4. The number of halogens is 2. The van der Waals surface area contributed by atoms with Crippen LogP contribution in [-0.2, 0) is 11.3 Å². The van der Waals surface area contributed by atoms with Gasteiger partial charge in [-0.25, -0.2) is 13.6 Å². The highest BCUT2D eigenvalue weighted by Gasteiger charge is 2.20. The van der Waals surface area contributed by atoms with Crippen LogP contribution in [0.25, 0.3) is 5.69 Å². The number of carbonyl (C=O) groups excluding carboxylic acids is 1. The van der Waals surface area contributed by atoms with Gasteiger partial charge in [0.15, 0.2) is 0 Å². The van der Waals surface area contributed by atoms with Gasteiger partial charge in [-0.2, -0.15) is 9.78 Å². The second-order valence-electron chi connectivity index (χ2n) is 6.29. The molecule has 0 spiro atoms. The minimum Gasteiger partial charge on any atom is -0.383 e. The number of nitrogens with one attached hydrogen (secondary N) is 1. The number of ether oxygens (including phenoxy) is 1. The fourth-order valence-electron chi connectivity index (χ4n) is 2.72. The summed E-state index contributed by atoms with van der Waals surface area (Å²) in [5.74, 6) is -1.87. The van der Waals surface area contributed by atoms with E-state index in [1.807, 2.05) is 0 Å². The summed E-state index contributed by atoms with van der Waals surface area (Å²) < 4.78 is 33.3. The van der Waals surface area contributed by atoms with Gasteiger partial charge in [-0.15, -0.1) is 0 Å². The largest absolute Gasteiger partial charge is 0.383 e. The number of rotatable bonds is 7. The number of amides is 1. The summed E-state index contributed by atoms with van der Waals surface area (Å²) in [6.07, 6.45) is 0. The van der Waals surface area contributed by atoms with Crippen LogP contribution in [0.4, 0.5) is 8.78 Å². The Bertz CT molecular complexity index is 1170. The number of hydrogen-bond acceptors (Lipinski definition) is 5.